The number of rotatable bonds is 6. The van der Waals surface area contributed by atoms with Gasteiger partial charge < -0.3 is 9.13 Å². The summed E-state index contributed by atoms with van der Waals surface area (Å²) in [5.41, 5.74) is 3.35. The van der Waals surface area contributed by atoms with Crippen LogP contribution in [0.25, 0.3) is 22.3 Å². The smallest absolute Gasteiger partial charge is 0.165 e. The molecule has 5 heterocycles. The van der Waals surface area contributed by atoms with Gasteiger partial charge in [0.15, 0.2) is 21.6 Å². The van der Waals surface area contributed by atoms with Gasteiger partial charge in [0.2, 0.25) is 0 Å². The van der Waals surface area contributed by atoms with Crippen molar-refractivity contribution in [3.05, 3.63) is 47.5 Å². The van der Waals surface area contributed by atoms with Gasteiger partial charge >= 0.3 is 0 Å². The van der Waals surface area contributed by atoms with Gasteiger partial charge in [-0.05, 0) is 6.42 Å². The Hall–Kier alpha value is -3.18. The Labute approximate surface area is 173 Å². The third kappa shape index (κ3) is 3.38. The summed E-state index contributed by atoms with van der Waals surface area (Å²) >= 11 is 12.1. The van der Waals surface area contributed by atoms with Crippen LogP contribution in [0, 0.1) is 0 Å². The van der Waals surface area contributed by atoms with E-state index in [0.717, 1.165) is 24.3 Å². The highest BCUT2D eigenvalue weighted by molar-refractivity contribution is 6.33. The van der Waals surface area contributed by atoms with E-state index in [0.29, 0.717) is 40.1 Å². The molecule has 0 saturated carbocycles. The molecule has 0 atom stereocenters. The number of fused-ring (bicyclic) bond motifs is 2. The number of nitrogens with zero attached hydrogens (tertiary/aromatic N) is 11. The van der Waals surface area contributed by atoms with Crippen LogP contribution < -0.4 is 0 Å². The molecule has 0 radical (unpaired) electrons. The summed E-state index contributed by atoms with van der Waals surface area (Å²) < 4.78 is 5.61. The van der Waals surface area contributed by atoms with Crippen LogP contribution in [-0.4, -0.2) is 54.0 Å². The van der Waals surface area contributed by atoms with Crippen molar-refractivity contribution in [1.82, 2.24) is 54.0 Å². The Balaban J connectivity index is 1.24. The van der Waals surface area contributed by atoms with Gasteiger partial charge in [0.1, 0.15) is 29.4 Å². The fourth-order valence-corrected chi connectivity index (χ4v) is 3.44. The van der Waals surface area contributed by atoms with E-state index < -0.39 is 0 Å². The molecule has 5 aromatic heterocycles. The average molecular weight is 430 g/mol. The first kappa shape index (κ1) is 17.9. The van der Waals surface area contributed by atoms with Crippen LogP contribution in [0.15, 0.2) is 31.5 Å². The van der Waals surface area contributed by atoms with E-state index in [4.69, 9.17) is 23.2 Å². The van der Waals surface area contributed by atoms with Crippen molar-refractivity contribution in [1.29, 1.82) is 0 Å². The van der Waals surface area contributed by atoms with Crippen LogP contribution >= 0.6 is 23.2 Å². The molecule has 13 heteroatoms. The first-order chi connectivity index (χ1) is 14.2. The molecule has 0 aliphatic heterocycles. The van der Waals surface area contributed by atoms with Gasteiger partial charge in [0, 0.05) is 13.1 Å². The first-order valence-electron chi connectivity index (χ1n) is 8.71. The minimum absolute atomic E-state index is 0.330. The van der Waals surface area contributed by atoms with Crippen LogP contribution in [0.1, 0.15) is 12.1 Å². The molecule has 0 N–H and O–H groups in total. The summed E-state index contributed by atoms with van der Waals surface area (Å²) in [5, 5.41) is 9.10. The molecule has 0 aliphatic rings. The summed E-state index contributed by atoms with van der Waals surface area (Å²) in [4.78, 5) is 24.9. The van der Waals surface area contributed by atoms with Gasteiger partial charge in [-0.1, -0.05) is 28.4 Å². The second-order valence-corrected chi connectivity index (χ2v) is 7.03. The van der Waals surface area contributed by atoms with Crippen molar-refractivity contribution in [3.63, 3.8) is 0 Å². The van der Waals surface area contributed by atoms with Crippen molar-refractivity contribution >= 4 is 45.5 Å². The Morgan fingerprint density at radius 3 is 2.14 bits per heavy atom. The molecule has 0 saturated heterocycles. The molecule has 5 aromatic rings. The second-order valence-electron chi connectivity index (χ2n) is 6.31. The number of hydrogen-bond donors (Lipinski definition) is 0. The third-order valence-corrected chi connectivity index (χ3v) is 4.97. The molecule has 0 amide bonds. The van der Waals surface area contributed by atoms with Crippen molar-refractivity contribution < 1.29 is 0 Å². The molecular weight excluding hydrogens is 417 g/mol. The van der Waals surface area contributed by atoms with Crippen molar-refractivity contribution in [3.8, 4) is 0 Å². The van der Waals surface area contributed by atoms with Crippen molar-refractivity contribution in [2.45, 2.75) is 26.1 Å². The predicted molar refractivity (Wildman–Crippen MR) is 104 cm³/mol. The maximum atomic E-state index is 6.04. The summed E-state index contributed by atoms with van der Waals surface area (Å²) in [7, 11) is 0. The number of halogens is 2. The highest BCUT2D eigenvalue weighted by atomic mass is 35.5. The first-order valence-corrected chi connectivity index (χ1v) is 9.46. The quantitative estimate of drug-likeness (QED) is 0.376. The van der Waals surface area contributed by atoms with E-state index in [2.05, 4.69) is 40.2 Å². The van der Waals surface area contributed by atoms with E-state index in [1.165, 1.54) is 12.7 Å². The van der Waals surface area contributed by atoms with Gasteiger partial charge in [0.25, 0.3) is 0 Å². The molecule has 5 rings (SSSR count). The normalized spacial score (nSPS) is 11.7. The fraction of sp³-hybridized carbons (Fsp3) is 0.250. The molecule has 29 heavy (non-hydrogen) atoms. The van der Waals surface area contributed by atoms with Gasteiger partial charge in [-0.3, -0.25) is 4.68 Å². The van der Waals surface area contributed by atoms with Crippen LogP contribution in [0.5, 0.6) is 0 Å². The third-order valence-electron chi connectivity index (χ3n) is 4.42. The number of imidazole rings is 2. The number of hydrogen-bond acceptors (Lipinski definition) is 8. The van der Waals surface area contributed by atoms with E-state index in [1.807, 2.05) is 15.3 Å². The Kier molecular flexibility index (Phi) is 4.52. The maximum Gasteiger partial charge on any atom is 0.165 e. The molecule has 146 valence electrons. The zero-order valence-electron chi connectivity index (χ0n) is 14.9. The van der Waals surface area contributed by atoms with Crippen LogP contribution in [0.3, 0.4) is 0 Å². The molecule has 11 nitrogen and oxygen atoms in total. The van der Waals surface area contributed by atoms with E-state index in [-0.39, 0.29) is 0 Å². The highest BCUT2D eigenvalue weighted by Crippen LogP contribution is 2.18. The van der Waals surface area contributed by atoms with Gasteiger partial charge in [-0.2, -0.15) is 0 Å². The standard InChI is InChI=1S/C16H13Cl2N11/c17-13-11-15(21-6-19-13)27(8-23-11)2-1-3-29-5-10(25-26-29)4-28-9-24-12-14(18)20-7-22-16(12)28/h5-9H,1-4H2. The summed E-state index contributed by atoms with van der Waals surface area (Å²) in [5.74, 6) is 0. The summed E-state index contributed by atoms with van der Waals surface area (Å²) in [6, 6.07) is 0. The zero-order chi connectivity index (χ0) is 19.8. The Morgan fingerprint density at radius 2 is 1.41 bits per heavy atom. The Morgan fingerprint density at radius 1 is 0.759 bits per heavy atom. The van der Waals surface area contributed by atoms with Crippen molar-refractivity contribution in [2.24, 2.45) is 0 Å². The summed E-state index contributed by atoms with van der Waals surface area (Å²) in [6.45, 7) is 1.91. The highest BCUT2D eigenvalue weighted by Gasteiger charge is 2.11. The van der Waals surface area contributed by atoms with E-state index in [9.17, 15) is 0 Å². The predicted octanol–water partition coefficient (Wildman–Crippen LogP) is 2.00. The fourth-order valence-electron chi connectivity index (χ4n) is 3.08. The molecule has 0 fully saturated rings. The lowest BCUT2D eigenvalue weighted by Gasteiger charge is -2.03. The summed E-state index contributed by atoms with van der Waals surface area (Å²) in [6.07, 6.45) is 8.96. The van der Waals surface area contributed by atoms with Gasteiger partial charge in [0.05, 0.1) is 25.4 Å². The lowest BCUT2D eigenvalue weighted by molar-refractivity contribution is 0.518. The number of aromatic nitrogens is 11. The minimum atomic E-state index is 0.330. The number of aryl methyl sites for hydroxylation is 2. The lowest BCUT2D eigenvalue weighted by atomic mass is 10.4. The SMILES string of the molecule is Clc1ncnc2c1ncn2CCCn1cc(Cn2cnc3c(Cl)ncnc32)nn1. The van der Waals surface area contributed by atoms with Gasteiger partial charge in [-0.25, -0.2) is 29.9 Å². The monoisotopic (exact) mass is 429 g/mol. The minimum Gasteiger partial charge on any atom is -0.315 e. The van der Waals surface area contributed by atoms with Crippen LogP contribution in [-0.2, 0) is 19.6 Å². The molecule has 0 unspecified atom stereocenters. The van der Waals surface area contributed by atoms with E-state index >= 15 is 0 Å². The molecule has 0 aromatic carbocycles. The van der Waals surface area contributed by atoms with Crippen molar-refractivity contribution in [2.75, 3.05) is 0 Å². The lowest BCUT2D eigenvalue weighted by Crippen LogP contribution is -2.04. The van der Waals surface area contributed by atoms with Crippen LogP contribution in [0.2, 0.25) is 10.3 Å². The molecule has 0 bridgehead atoms. The maximum absolute atomic E-state index is 6.04. The second kappa shape index (κ2) is 7.33. The van der Waals surface area contributed by atoms with Gasteiger partial charge in [-0.15, -0.1) is 5.10 Å². The molecular formula is C16H13Cl2N11. The molecule has 0 aliphatic carbocycles. The average Bonchev–Trinajstić information content (AvgIpc) is 3.43. The molecule has 0 spiro atoms. The largest absolute Gasteiger partial charge is 0.315 e. The zero-order valence-corrected chi connectivity index (χ0v) is 16.4. The topological polar surface area (TPSA) is 118 Å². The Bertz CT molecular complexity index is 1300. The van der Waals surface area contributed by atoms with Crippen LogP contribution in [0.4, 0.5) is 0 Å². The van der Waals surface area contributed by atoms with E-state index in [1.54, 1.807) is 17.3 Å².